The van der Waals surface area contributed by atoms with Crippen LogP contribution in [0.5, 0.6) is 5.75 Å². The summed E-state index contributed by atoms with van der Waals surface area (Å²) in [7, 11) is 0. The predicted molar refractivity (Wildman–Crippen MR) is 96.3 cm³/mol. The van der Waals surface area contributed by atoms with Gasteiger partial charge in [0.1, 0.15) is 17.5 Å². The molecule has 8 heteroatoms. The minimum atomic E-state index is 0.00701. The Morgan fingerprint density at radius 1 is 1.08 bits per heavy atom. The summed E-state index contributed by atoms with van der Waals surface area (Å²) in [6.45, 7) is 1.73. The van der Waals surface area contributed by atoms with E-state index in [1.54, 1.807) is 24.3 Å². The Morgan fingerprint density at radius 3 is 2.73 bits per heavy atom. The molecular formula is C18H18ClN5O2. The van der Waals surface area contributed by atoms with Crippen LogP contribution in [-0.4, -0.2) is 43.7 Å². The molecule has 0 bridgehead atoms. The Balaban J connectivity index is 1.55. The van der Waals surface area contributed by atoms with Crippen LogP contribution in [0.3, 0.4) is 0 Å². The third-order valence-electron chi connectivity index (χ3n) is 4.41. The standard InChI is InChI=1S/C18H18ClN5O2/c19-15-8-9-16-20-21-17(24(16)22-15)12-26-14-7-3-2-6-13(14)18(25)23-10-4-1-5-11-23/h2-3,6-9H,1,4-5,10-12H2. The quantitative estimate of drug-likeness (QED) is 0.705. The van der Waals surface area contributed by atoms with Gasteiger partial charge in [0.15, 0.2) is 11.5 Å². The van der Waals surface area contributed by atoms with Crippen LogP contribution < -0.4 is 4.74 Å². The number of aromatic nitrogens is 4. The highest BCUT2D eigenvalue weighted by Gasteiger charge is 2.21. The van der Waals surface area contributed by atoms with E-state index in [0.717, 1.165) is 25.9 Å². The van der Waals surface area contributed by atoms with Gasteiger partial charge >= 0.3 is 0 Å². The molecule has 0 N–H and O–H groups in total. The molecule has 7 nitrogen and oxygen atoms in total. The van der Waals surface area contributed by atoms with Gasteiger partial charge in [0.2, 0.25) is 0 Å². The second-order valence-electron chi connectivity index (χ2n) is 6.18. The number of carbonyl (C=O) groups is 1. The van der Waals surface area contributed by atoms with Crippen molar-refractivity contribution in [3.8, 4) is 5.75 Å². The molecular weight excluding hydrogens is 354 g/mol. The molecule has 3 heterocycles. The fraction of sp³-hybridized carbons (Fsp3) is 0.333. The zero-order valence-electron chi connectivity index (χ0n) is 14.1. The fourth-order valence-corrected chi connectivity index (χ4v) is 3.22. The summed E-state index contributed by atoms with van der Waals surface area (Å²) in [5, 5.41) is 12.7. The molecule has 1 saturated heterocycles. The van der Waals surface area contributed by atoms with Crippen molar-refractivity contribution in [1.82, 2.24) is 24.7 Å². The highest BCUT2D eigenvalue weighted by atomic mass is 35.5. The second kappa shape index (κ2) is 7.29. The van der Waals surface area contributed by atoms with Gasteiger partial charge in [0, 0.05) is 13.1 Å². The summed E-state index contributed by atoms with van der Waals surface area (Å²) in [5.41, 5.74) is 1.15. The van der Waals surface area contributed by atoms with Crippen molar-refractivity contribution in [3.63, 3.8) is 0 Å². The molecule has 4 rings (SSSR count). The van der Waals surface area contributed by atoms with Crippen molar-refractivity contribution < 1.29 is 9.53 Å². The number of likely N-dealkylation sites (tertiary alicyclic amines) is 1. The van der Waals surface area contributed by atoms with Crippen LogP contribution in [-0.2, 0) is 6.61 Å². The number of rotatable bonds is 4. The van der Waals surface area contributed by atoms with Crippen LogP contribution in [0, 0.1) is 0 Å². The lowest BCUT2D eigenvalue weighted by Gasteiger charge is -2.27. The van der Waals surface area contributed by atoms with Gasteiger partial charge in [-0.05, 0) is 43.5 Å². The number of nitrogens with zero attached hydrogens (tertiary/aromatic N) is 5. The number of piperidine rings is 1. The van der Waals surface area contributed by atoms with E-state index < -0.39 is 0 Å². The van der Waals surface area contributed by atoms with Crippen molar-refractivity contribution >= 4 is 23.2 Å². The molecule has 1 aliphatic rings. The first-order valence-electron chi connectivity index (χ1n) is 8.60. The normalized spacial score (nSPS) is 14.6. The zero-order chi connectivity index (χ0) is 17.9. The monoisotopic (exact) mass is 371 g/mol. The number of ether oxygens (including phenoxy) is 1. The fourth-order valence-electron chi connectivity index (χ4n) is 3.08. The Labute approximate surface area is 155 Å². The summed E-state index contributed by atoms with van der Waals surface area (Å²) < 4.78 is 7.43. The molecule has 1 aromatic carbocycles. The summed E-state index contributed by atoms with van der Waals surface area (Å²) in [6.07, 6.45) is 3.28. The maximum absolute atomic E-state index is 12.8. The average Bonchev–Trinajstić information content (AvgIpc) is 3.09. The van der Waals surface area contributed by atoms with Crippen LogP contribution in [0.1, 0.15) is 35.4 Å². The number of hydrogen-bond donors (Lipinski definition) is 0. The summed E-state index contributed by atoms with van der Waals surface area (Å²) in [4.78, 5) is 14.7. The first-order chi connectivity index (χ1) is 12.7. The molecule has 2 aromatic heterocycles. The van der Waals surface area contributed by atoms with E-state index in [4.69, 9.17) is 16.3 Å². The highest BCUT2D eigenvalue weighted by molar-refractivity contribution is 6.29. The number of fused-ring (bicyclic) bond motifs is 1. The van der Waals surface area contributed by atoms with Crippen LogP contribution in [0.2, 0.25) is 5.15 Å². The van der Waals surface area contributed by atoms with Gasteiger partial charge in [0.05, 0.1) is 5.56 Å². The van der Waals surface area contributed by atoms with Crippen LogP contribution in [0.15, 0.2) is 36.4 Å². The van der Waals surface area contributed by atoms with Crippen LogP contribution >= 0.6 is 11.6 Å². The smallest absolute Gasteiger partial charge is 0.257 e. The van der Waals surface area contributed by atoms with Gasteiger partial charge in [-0.1, -0.05) is 23.7 Å². The molecule has 0 saturated carbocycles. The minimum Gasteiger partial charge on any atom is -0.485 e. The topological polar surface area (TPSA) is 72.6 Å². The summed E-state index contributed by atoms with van der Waals surface area (Å²) in [5.74, 6) is 1.05. The van der Waals surface area contributed by atoms with Gasteiger partial charge in [0.25, 0.3) is 5.91 Å². The lowest BCUT2D eigenvalue weighted by molar-refractivity contribution is 0.0719. The van der Waals surface area contributed by atoms with E-state index in [2.05, 4.69) is 15.3 Å². The van der Waals surface area contributed by atoms with Crippen molar-refractivity contribution in [2.24, 2.45) is 0 Å². The van der Waals surface area contributed by atoms with E-state index in [9.17, 15) is 4.79 Å². The maximum atomic E-state index is 12.8. The molecule has 0 radical (unpaired) electrons. The van der Waals surface area contributed by atoms with Crippen molar-refractivity contribution in [2.45, 2.75) is 25.9 Å². The molecule has 0 atom stereocenters. The van der Waals surface area contributed by atoms with Crippen LogP contribution in [0.4, 0.5) is 0 Å². The first-order valence-corrected chi connectivity index (χ1v) is 8.98. The van der Waals surface area contributed by atoms with E-state index in [1.165, 1.54) is 10.9 Å². The number of para-hydroxylation sites is 1. The lowest BCUT2D eigenvalue weighted by Crippen LogP contribution is -2.35. The van der Waals surface area contributed by atoms with Gasteiger partial charge in [-0.2, -0.15) is 9.61 Å². The third kappa shape index (κ3) is 3.35. The number of amides is 1. The van der Waals surface area contributed by atoms with Gasteiger partial charge < -0.3 is 9.64 Å². The average molecular weight is 372 g/mol. The Hall–Kier alpha value is -2.67. The van der Waals surface area contributed by atoms with E-state index >= 15 is 0 Å². The van der Waals surface area contributed by atoms with Gasteiger partial charge in [-0.15, -0.1) is 10.2 Å². The minimum absolute atomic E-state index is 0.00701. The molecule has 134 valence electrons. The van der Waals surface area contributed by atoms with E-state index in [-0.39, 0.29) is 12.5 Å². The molecule has 1 amide bonds. The molecule has 3 aromatic rings. The molecule has 26 heavy (non-hydrogen) atoms. The molecule has 1 aliphatic heterocycles. The molecule has 0 spiro atoms. The van der Waals surface area contributed by atoms with Gasteiger partial charge in [-0.25, -0.2) is 0 Å². The number of benzene rings is 1. The molecule has 0 aliphatic carbocycles. The predicted octanol–water partition coefficient (Wildman–Crippen LogP) is 2.98. The Bertz CT molecular complexity index is 936. The molecule has 0 unspecified atom stereocenters. The lowest BCUT2D eigenvalue weighted by atomic mass is 10.1. The third-order valence-corrected chi connectivity index (χ3v) is 4.61. The molecule has 1 fully saturated rings. The maximum Gasteiger partial charge on any atom is 0.257 e. The largest absolute Gasteiger partial charge is 0.485 e. The van der Waals surface area contributed by atoms with Gasteiger partial charge in [-0.3, -0.25) is 4.79 Å². The Kier molecular flexibility index (Phi) is 4.71. The van der Waals surface area contributed by atoms with Crippen molar-refractivity contribution in [2.75, 3.05) is 13.1 Å². The van der Waals surface area contributed by atoms with E-state index in [1.807, 2.05) is 17.0 Å². The summed E-state index contributed by atoms with van der Waals surface area (Å²) >= 11 is 5.94. The number of carbonyl (C=O) groups excluding carboxylic acids is 1. The highest BCUT2D eigenvalue weighted by Crippen LogP contribution is 2.23. The second-order valence-corrected chi connectivity index (χ2v) is 6.57. The summed E-state index contributed by atoms with van der Waals surface area (Å²) in [6, 6.07) is 10.7. The number of halogens is 1. The Morgan fingerprint density at radius 2 is 1.88 bits per heavy atom. The van der Waals surface area contributed by atoms with E-state index in [0.29, 0.717) is 27.9 Å². The van der Waals surface area contributed by atoms with Crippen molar-refractivity contribution in [1.29, 1.82) is 0 Å². The SMILES string of the molecule is O=C(c1ccccc1OCc1nnc2ccc(Cl)nn12)N1CCCCC1. The van der Waals surface area contributed by atoms with Crippen molar-refractivity contribution in [3.05, 3.63) is 52.9 Å². The first kappa shape index (κ1) is 16.8. The number of hydrogen-bond acceptors (Lipinski definition) is 5. The zero-order valence-corrected chi connectivity index (χ0v) is 14.9. The van der Waals surface area contributed by atoms with Crippen LogP contribution in [0.25, 0.3) is 5.65 Å².